The Kier molecular flexibility index (Phi) is 31.6. The van der Waals surface area contributed by atoms with Gasteiger partial charge in [-0.2, -0.15) is 5.26 Å². The molecule has 3 unspecified atom stereocenters. The summed E-state index contributed by atoms with van der Waals surface area (Å²) >= 11 is 0. The summed E-state index contributed by atoms with van der Waals surface area (Å²) in [7, 11) is 1.36. The van der Waals surface area contributed by atoms with Crippen molar-refractivity contribution in [2.45, 2.75) is 135 Å². The summed E-state index contributed by atoms with van der Waals surface area (Å²) in [5, 5.41) is 121. The number of methoxy groups -OCH3 is 3. The molecule has 33 heteroatoms. The maximum atomic E-state index is 11.7. The number of rotatable bonds is 16. The van der Waals surface area contributed by atoms with Crippen LogP contribution in [0.1, 0.15) is 144 Å². The van der Waals surface area contributed by atoms with Gasteiger partial charge >= 0.3 is 35.0 Å². The number of hydrogen-bond acceptors (Lipinski definition) is 27. The third-order valence-electron chi connectivity index (χ3n) is 15.1. The zero-order chi connectivity index (χ0) is 77.1. The summed E-state index contributed by atoms with van der Waals surface area (Å²) < 4.78 is 18.9. The first-order chi connectivity index (χ1) is 45.6. The van der Waals surface area contributed by atoms with Crippen molar-refractivity contribution in [3.63, 3.8) is 0 Å². The second-order valence-electron chi connectivity index (χ2n) is 23.0. The summed E-state index contributed by atoms with van der Waals surface area (Å²) in [6.07, 6.45) is -2.66. The van der Waals surface area contributed by atoms with Crippen molar-refractivity contribution in [1.29, 1.82) is 5.26 Å². The maximum Gasteiger partial charge on any atom is 0.379 e. The number of aromatic hydroxyl groups is 4. The van der Waals surface area contributed by atoms with E-state index in [9.17, 15) is 115 Å². The van der Waals surface area contributed by atoms with Crippen LogP contribution in [0.15, 0.2) is 42.5 Å². The van der Waals surface area contributed by atoms with E-state index in [2.05, 4.69) is 14.2 Å². The summed E-state index contributed by atoms with van der Waals surface area (Å²) in [6.45, 7) is 27.7. The normalized spacial score (nSPS) is 11.2. The zero-order valence-corrected chi connectivity index (χ0v) is 59.0. The molecule has 99 heavy (non-hydrogen) atoms. The molecule has 0 aliphatic rings. The molecule has 0 spiro atoms. The molecule has 32 nitrogen and oxygen atoms in total. The number of Topliss-reactive ketones (excluding diaryl/α,β-unsaturated/α-hetero) is 1. The standard InChI is InChI=1S/C13H18N2O4Si.C12H15NO5.C12H13NO5.C11H13NO6.C9H9NO4.C9H10O2/c1-8-6-10(11(7-14)19-20(3,4)5)9(2)12(13(8)16)15(17)18;2*1-6-5-9(11(14)12(15)18-4)8(3)10(7(6)2)13(16)17;1-5-4-7(10(14)11(15)18-3)6(2)8(9(5)13)12(16)17;1-5-3-7(4-11)6(2)8(9(5)12)10(13)14;1-6-4-9(11)7(2)3-8(6)5-10/h6,11,16H,1-5H3;5,11,14H,1-4H3;5H,1-4H3;4,10,13-14H,1-3H3;3-4,12H,1-2H3;3-5,11H,1-2H3. The molecule has 6 aromatic rings. The number of esters is 3. The number of phenols is 4. The lowest BCUT2D eigenvalue weighted by Gasteiger charge is -2.23. The van der Waals surface area contributed by atoms with E-state index in [0.717, 1.165) is 38.7 Å². The van der Waals surface area contributed by atoms with Gasteiger partial charge in [0, 0.05) is 72.3 Å². The molecule has 0 saturated carbocycles. The molecule has 0 radical (unpaired) electrons. The number of nitro groups is 5. The molecule has 0 fully saturated rings. The third kappa shape index (κ3) is 21.5. The molecule has 6 N–H and O–H groups in total. The fourth-order valence-electron chi connectivity index (χ4n) is 9.38. The number of ketones is 1. The van der Waals surface area contributed by atoms with Gasteiger partial charge in [0.25, 0.3) is 17.2 Å². The van der Waals surface area contributed by atoms with E-state index < -0.39 is 92.1 Å². The fourth-order valence-corrected chi connectivity index (χ4v) is 10.3. The van der Waals surface area contributed by atoms with Crippen LogP contribution in [0.25, 0.3) is 0 Å². The number of aliphatic hydroxyl groups excluding tert-OH is 2. The van der Waals surface area contributed by atoms with Gasteiger partial charge in [0.05, 0.1) is 52.0 Å². The number of carbonyl (C=O) groups is 6. The van der Waals surface area contributed by atoms with Crippen molar-refractivity contribution in [1.82, 2.24) is 0 Å². The average Bonchev–Trinajstić information content (AvgIpc) is 0.818. The Labute approximate surface area is 568 Å². The number of nitriles is 1. The van der Waals surface area contributed by atoms with E-state index in [1.165, 1.54) is 66.7 Å². The minimum atomic E-state index is -1.98. The predicted molar refractivity (Wildman–Crippen MR) is 359 cm³/mol. The summed E-state index contributed by atoms with van der Waals surface area (Å²) in [4.78, 5) is 118. The lowest BCUT2D eigenvalue weighted by atomic mass is 9.95. The van der Waals surface area contributed by atoms with Gasteiger partial charge < -0.3 is 49.3 Å². The largest absolute Gasteiger partial charge is 0.508 e. The number of phenolic OH excluding ortho intramolecular Hbond substituents is 4. The highest BCUT2D eigenvalue weighted by atomic mass is 28.4. The van der Waals surface area contributed by atoms with Crippen LogP contribution in [0.5, 0.6) is 23.0 Å². The van der Waals surface area contributed by atoms with Crippen LogP contribution < -0.4 is 0 Å². The molecule has 0 bridgehead atoms. The SMILES string of the molecule is COC(=O)C(=O)c1cc(C)c(C)c([N+](=O)[O-])c1C.COC(=O)C(O)c1cc(C)c(C)c([N+](=O)[O-])c1C.COC(=O)C(O)c1cc(C)c(O)c([N+](=O)[O-])c1C.Cc1cc(C(C#N)O[Si](C)(C)C)c(C)c([N+](=O)[O-])c1O.Cc1cc(C=O)c(C)c([N+](=O)[O-])c1O.Cc1cc(C=O)c(C)cc1O. The Morgan fingerprint density at radius 2 is 0.778 bits per heavy atom. The Bertz CT molecular complexity index is 4140. The molecule has 0 amide bonds. The lowest BCUT2D eigenvalue weighted by molar-refractivity contribution is -0.386. The number of carbonyl (C=O) groups excluding carboxylic acids is 6. The van der Waals surface area contributed by atoms with Gasteiger partial charge in [0.15, 0.2) is 50.2 Å². The molecule has 0 aliphatic heterocycles. The quantitative estimate of drug-likeness (QED) is 0.00766. The van der Waals surface area contributed by atoms with Crippen molar-refractivity contribution in [3.05, 3.63) is 204 Å². The monoisotopic (exact) mass is 1400 g/mol. The van der Waals surface area contributed by atoms with E-state index in [0.29, 0.717) is 50.8 Å². The number of aryl methyl sites for hydroxylation is 7. The van der Waals surface area contributed by atoms with Gasteiger partial charge in [-0.05, 0) is 192 Å². The van der Waals surface area contributed by atoms with Crippen LogP contribution in [0.2, 0.25) is 19.6 Å². The maximum absolute atomic E-state index is 11.7. The van der Waals surface area contributed by atoms with Crippen molar-refractivity contribution < 1.29 is 103 Å². The van der Waals surface area contributed by atoms with E-state index in [4.69, 9.17) is 4.43 Å². The van der Waals surface area contributed by atoms with Gasteiger partial charge in [-0.1, -0.05) is 6.07 Å². The molecular weight excluding hydrogens is 1320 g/mol. The van der Waals surface area contributed by atoms with Crippen LogP contribution in [-0.2, 0) is 33.0 Å². The first kappa shape index (κ1) is 85.5. The summed E-state index contributed by atoms with van der Waals surface area (Å²) in [5.41, 5.74) is 5.68. The van der Waals surface area contributed by atoms with Gasteiger partial charge in [-0.3, -0.25) is 65.0 Å². The molecule has 3 atom stereocenters. The van der Waals surface area contributed by atoms with Crippen molar-refractivity contribution in [2.24, 2.45) is 0 Å². The highest BCUT2D eigenvalue weighted by molar-refractivity contribution is 6.69. The molecule has 0 heterocycles. The molecular formula is C66H78N6O26Si. The van der Waals surface area contributed by atoms with E-state index >= 15 is 0 Å². The summed E-state index contributed by atoms with van der Waals surface area (Å²) in [5.74, 6) is -4.63. The second-order valence-corrected chi connectivity index (χ2v) is 27.4. The van der Waals surface area contributed by atoms with Crippen LogP contribution in [0.4, 0.5) is 28.4 Å². The molecule has 0 aromatic heterocycles. The smallest absolute Gasteiger partial charge is 0.379 e. The summed E-state index contributed by atoms with van der Waals surface area (Å²) in [6, 6.07) is 12.7. The van der Waals surface area contributed by atoms with E-state index in [1.807, 2.05) is 25.7 Å². The Hall–Kier alpha value is -11.5. The van der Waals surface area contributed by atoms with Gasteiger partial charge in [0.1, 0.15) is 12.0 Å². The molecule has 6 aromatic carbocycles. The average molecular weight is 1400 g/mol. The van der Waals surface area contributed by atoms with E-state index in [-0.39, 0.29) is 89.9 Å². The predicted octanol–water partition coefficient (Wildman–Crippen LogP) is 11.6. The Morgan fingerprint density at radius 1 is 0.444 bits per heavy atom. The second kappa shape index (κ2) is 36.6. The number of benzene rings is 6. The lowest BCUT2D eigenvalue weighted by Crippen LogP contribution is -2.27. The molecule has 6 rings (SSSR count). The van der Waals surface area contributed by atoms with Crippen LogP contribution >= 0.6 is 0 Å². The minimum Gasteiger partial charge on any atom is -0.508 e. The molecule has 532 valence electrons. The van der Waals surface area contributed by atoms with Gasteiger partial charge in [0.2, 0.25) is 0 Å². The number of nitrogens with zero attached hydrogens (tertiary/aromatic N) is 6. The Morgan fingerprint density at radius 3 is 1.14 bits per heavy atom. The van der Waals surface area contributed by atoms with Gasteiger partial charge in [-0.25, -0.2) is 14.4 Å². The first-order valence-corrected chi connectivity index (χ1v) is 32.4. The van der Waals surface area contributed by atoms with Gasteiger partial charge in [-0.15, -0.1) is 0 Å². The third-order valence-corrected chi connectivity index (χ3v) is 16.1. The zero-order valence-electron chi connectivity index (χ0n) is 58.0. The van der Waals surface area contributed by atoms with Crippen LogP contribution in [0, 0.1) is 159 Å². The topological polar surface area (TPSA) is 500 Å². The Balaban J connectivity index is 0.000000599. The first-order valence-electron chi connectivity index (χ1n) is 29.0. The van der Waals surface area contributed by atoms with E-state index in [1.54, 1.807) is 72.7 Å². The van der Waals surface area contributed by atoms with Crippen molar-refractivity contribution >= 4 is 73.0 Å². The van der Waals surface area contributed by atoms with Crippen LogP contribution in [-0.4, -0.2) is 121 Å². The number of hydrogen-bond donors (Lipinski definition) is 6. The number of aliphatic hydroxyl groups is 2. The van der Waals surface area contributed by atoms with Crippen LogP contribution in [0.3, 0.4) is 0 Å². The van der Waals surface area contributed by atoms with Crippen molar-refractivity contribution in [2.75, 3.05) is 21.3 Å². The highest BCUT2D eigenvalue weighted by Gasteiger charge is 2.33. The van der Waals surface area contributed by atoms with Crippen molar-refractivity contribution in [3.8, 4) is 29.1 Å². The minimum absolute atomic E-state index is 0.0108. The number of ether oxygens (including phenoxy) is 3. The highest BCUT2D eigenvalue weighted by Crippen LogP contribution is 2.41. The fraction of sp³-hybridized carbons (Fsp3) is 0.348. The number of aldehydes is 2. The molecule has 0 aliphatic carbocycles. The molecule has 0 saturated heterocycles. The number of nitro benzene ring substituents is 5.